The summed E-state index contributed by atoms with van der Waals surface area (Å²) < 4.78 is 0.705. The molecule has 2 N–H and O–H groups in total. The lowest BCUT2D eigenvalue weighted by atomic mass is 9.99. The van der Waals surface area contributed by atoms with Gasteiger partial charge in [0.25, 0.3) is 5.91 Å². The zero-order chi connectivity index (χ0) is 15.0. The van der Waals surface area contributed by atoms with Gasteiger partial charge in [-0.15, -0.1) is 0 Å². The van der Waals surface area contributed by atoms with Crippen molar-refractivity contribution in [3.63, 3.8) is 0 Å². The lowest BCUT2D eigenvalue weighted by Crippen LogP contribution is -2.35. The van der Waals surface area contributed by atoms with E-state index < -0.39 is 0 Å². The summed E-state index contributed by atoms with van der Waals surface area (Å²) in [6, 6.07) is 10.9. The fourth-order valence-corrected chi connectivity index (χ4v) is 3.52. The van der Waals surface area contributed by atoms with Crippen molar-refractivity contribution in [1.29, 1.82) is 0 Å². The molecule has 0 aliphatic carbocycles. The van der Waals surface area contributed by atoms with E-state index in [1.807, 2.05) is 18.2 Å². The molecule has 0 unspecified atom stereocenters. The van der Waals surface area contributed by atoms with Gasteiger partial charge in [-0.1, -0.05) is 17.7 Å². The monoisotopic (exact) mass is 364 g/mol. The molecular weight excluding hydrogens is 352 g/mol. The number of nitrogens with two attached hydrogens (primary N) is 1. The number of anilines is 2. The second-order valence-electron chi connectivity index (χ2n) is 5.03. The largest absolute Gasteiger partial charge is 0.398 e. The molecule has 1 amide bonds. The Kier molecular flexibility index (Phi) is 3.91. The van der Waals surface area contributed by atoms with Crippen molar-refractivity contribution < 1.29 is 4.79 Å². The lowest BCUT2D eigenvalue weighted by molar-refractivity contribution is 0.0984. The Hall–Kier alpha value is -1.52. The number of nitrogens with zero attached hydrogens (tertiary/aromatic N) is 1. The number of carbonyl (C=O) groups is 1. The van der Waals surface area contributed by atoms with Crippen molar-refractivity contribution in [3.05, 3.63) is 57.0 Å². The first-order chi connectivity index (χ1) is 10.1. The average molecular weight is 366 g/mol. The maximum absolute atomic E-state index is 12.8. The van der Waals surface area contributed by atoms with Crippen molar-refractivity contribution in [1.82, 2.24) is 0 Å². The van der Waals surface area contributed by atoms with Gasteiger partial charge in [-0.05, 0) is 64.7 Å². The van der Waals surface area contributed by atoms with E-state index in [-0.39, 0.29) is 5.91 Å². The summed E-state index contributed by atoms with van der Waals surface area (Å²) in [4.78, 5) is 14.6. The number of carbonyl (C=O) groups excluding carboxylic acids is 1. The Morgan fingerprint density at radius 2 is 2.10 bits per heavy atom. The van der Waals surface area contributed by atoms with Crippen LogP contribution in [-0.4, -0.2) is 12.5 Å². The van der Waals surface area contributed by atoms with E-state index >= 15 is 0 Å². The number of rotatable bonds is 1. The molecule has 5 heteroatoms. The molecule has 3 rings (SSSR count). The Balaban J connectivity index is 2.02. The van der Waals surface area contributed by atoms with Gasteiger partial charge in [0.1, 0.15) is 0 Å². The zero-order valence-electron chi connectivity index (χ0n) is 11.3. The SMILES string of the molecule is Nc1cccc2c1CCCN2C(=O)c1ccc(Cl)cc1Br. The molecule has 3 nitrogen and oxygen atoms in total. The van der Waals surface area contributed by atoms with Crippen molar-refractivity contribution in [2.24, 2.45) is 0 Å². The van der Waals surface area contributed by atoms with Crippen LogP contribution in [0, 0.1) is 0 Å². The van der Waals surface area contributed by atoms with Crippen molar-refractivity contribution >= 4 is 44.8 Å². The minimum absolute atomic E-state index is 0.0370. The quantitative estimate of drug-likeness (QED) is 0.767. The van der Waals surface area contributed by atoms with Gasteiger partial charge in [-0.2, -0.15) is 0 Å². The minimum Gasteiger partial charge on any atom is -0.398 e. The highest BCUT2D eigenvalue weighted by atomic mass is 79.9. The molecule has 108 valence electrons. The number of benzene rings is 2. The molecule has 0 bridgehead atoms. The highest BCUT2D eigenvalue weighted by Gasteiger charge is 2.25. The summed E-state index contributed by atoms with van der Waals surface area (Å²) in [7, 11) is 0. The second-order valence-corrected chi connectivity index (χ2v) is 6.32. The molecule has 0 radical (unpaired) electrons. The third kappa shape index (κ3) is 2.65. The highest BCUT2D eigenvalue weighted by Crippen LogP contribution is 2.33. The van der Waals surface area contributed by atoms with Gasteiger partial charge in [0.15, 0.2) is 0 Å². The molecule has 0 atom stereocenters. The van der Waals surface area contributed by atoms with Crippen LogP contribution >= 0.6 is 27.5 Å². The van der Waals surface area contributed by atoms with Crippen LogP contribution in [0.5, 0.6) is 0 Å². The van der Waals surface area contributed by atoms with E-state index in [0.717, 1.165) is 29.8 Å². The Bertz CT molecular complexity index is 717. The molecule has 2 aromatic rings. The smallest absolute Gasteiger partial charge is 0.259 e. The standard InChI is InChI=1S/C16H14BrClN2O/c17-13-9-10(18)6-7-11(13)16(21)20-8-2-3-12-14(19)4-1-5-15(12)20/h1,4-7,9H,2-3,8,19H2. The summed E-state index contributed by atoms with van der Waals surface area (Å²) in [6.45, 7) is 0.699. The molecule has 21 heavy (non-hydrogen) atoms. The van der Waals surface area contributed by atoms with Crippen molar-refractivity contribution in [2.45, 2.75) is 12.8 Å². The number of nitrogen functional groups attached to an aromatic ring is 1. The highest BCUT2D eigenvalue weighted by molar-refractivity contribution is 9.10. The summed E-state index contributed by atoms with van der Waals surface area (Å²) in [6.07, 6.45) is 1.83. The van der Waals surface area contributed by atoms with E-state index in [1.54, 1.807) is 23.1 Å². The molecule has 0 saturated carbocycles. The van der Waals surface area contributed by atoms with Crippen LogP contribution in [0.4, 0.5) is 11.4 Å². The zero-order valence-corrected chi connectivity index (χ0v) is 13.6. The molecule has 0 fully saturated rings. The summed E-state index contributed by atoms with van der Waals surface area (Å²) in [5.74, 6) is -0.0370. The van der Waals surface area contributed by atoms with Gasteiger partial charge in [-0.3, -0.25) is 4.79 Å². The normalized spacial score (nSPS) is 13.9. The predicted octanol–water partition coefficient (Wildman–Crippen LogP) is 4.28. The molecule has 0 spiro atoms. The van der Waals surface area contributed by atoms with E-state index in [0.29, 0.717) is 21.6 Å². The first kappa shape index (κ1) is 14.4. The van der Waals surface area contributed by atoms with Crippen LogP contribution in [0.2, 0.25) is 5.02 Å². The topological polar surface area (TPSA) is 46.3 Å². The predicted molar refractivity (Wildman–Crippen MR) is 90.0 cm³/mol. The number of halogens is 2. The molecular formula is C16H14BrClN2O. The molecule has 2 aromatic carbocycles. The summed E-state index contributed by atoms with van der Waals surface area (Å²) >= 11 is 9.35. The van der Waals surface area contributed by atoms with E-state index in [2.05, 4.69) is 15.9 Å². The molecule has 0 aromatic heterocycles. The minimum atomic E-state index is -0.0370. The molecule has 1 heterocycles. The Morgan fingerprint density at radius 3 is 2.86 bits per heavy atom. The van der Waals surface area contributed by atoms with Crippen molar-refractivity contribution in [2.75, 3.05) is 17.2 Å². The summed E-state index contributed by atoms with van der Waals surface area (Å²) in [5, 5.41) is 0.599. The van der Waals surface area contributed by atoms with Gasteiger partial charge >= 0.3 is 0 Å². The van der Waals surface area contributed by atoms with Crippen LogP contribution in [0.3, 0.4) is 0 Å². The van der Waals surface area contributed by atoms with Gasteiger partial charge in [0.05, 0.1) is 5.56 Å². The van der Waals surface area contributed by atoms with Crippen LogP contribution in [0.25, 0.3) is 0 Å². The maximum Gasteiger partial charge on any atom is 0.259 e. The van der Waals surface area contributed by atoms with Gasteiger partial charge in [-0.25, -0.2) is 0 Å². The number of fused-ring (bicyclic) bond motifs is 1. The number of amides is 1. The molecule has 1 aliphatic rings. The summed E-state index contributed by atoms with van der Waals surface area (Å²) in [5.41, 5.74) is 9.35. The third-order valence-electron chi connectivity index (χ3n) is 3.69. The molecule has 1 aliphatic heterocycles. The number of hydrogen-bond donors (Lipinski definition) is 1. The first-order valence-corrected chi connectivity index (χ1v) is 7.89. The van der Waals surface area contributed by atoms with E-state index in [4.69, 9.17) is 17.3 Å². The fourth-order valence-electron chi connectivity index (χ4n) is 2.67. The lowest BCUT2D eigenvalue weighted by Gasteiger charge is -2.30. The Morgan fingerprint density at radius 1 is 1.29 bits per heavy atom. The van der Waals surface area contributed by atoms with Gasteiger partial charge < -0.3 is 10.6 Å². The van der Waals surface area contributed by atoms with Crippen LogP contribution in [0.1, 0.15) is 22.3 Å². The second kappa shape index (κ2) is 5.70. The third-order valence-corrected chi connectivity index (χ3v) is 4.58. The van der Waals surface area contributed by atoms with Crippen molar-refractivity contribution in [3.8, 4) is 0 Å². The molecule has 0 saturated heterocycles. The maximum atomic E-state index is 12.8. The van der Waals surface area contributed by atoms with Crippen LogP contribution in [0.15, 0.2) is 40.9 Å². The number of hydrogen-bond acceptors (Lipinski definition) is 2. The van der Waals surface area contributed by atoms with Crippen LogP contribution in [-0.2, 0) is 6.42 Å². The van der Waals surface area contributed by atoms with Gasteiger partial charge in [0.2, 0.25) is 0 Å². The van der Waals surface area contributed by atoms with E-state index in [1.165, 1.54) is 0 Å². The van der Waals surface area contributed by atoms with Crippen LogP contribution < -0.4 is 10.6 Å². The van der Waals surface area contributed by atoms with Gasteiger partial charge in [0, 0.05) is 27.4 Å². The van der Waals surface area contributed by atoms with E-state index in [9.17, 15) is 4.79 Å². The Labute approximate surface area is 136 Å². The average Bonchev–Trinajstić information content (AvgIpc) is 2.46. The first-order valence-electron chi connectivity index (χ1n) is 6.72. The fraction of sp³-hybridized carbons (Fsp3) is 0.188.